The highest BCUT2D eigenvalue weighted by molar-refractivity contribution is 5.88. The van der Waals surface area contributed by atoms with Gasteiger partial charge in [0.05, 0.1) is 5.56 Å². The van der Waals surface area contributed by atoms with E-state index in [1.165, 1.54) is 6.07 Å². The van der Waals surface area contributed by atoms with Crippen LogP contribution < -0.4 is 0 Å². The molecule has 18 heavy (non-hydrogen) atoms. The van der Waals surface area contributed by atoms with Crippen molar-refractivity contribution in [3.63, 3.8) is 0 Å². The Bertz CT molecular complexity index is 418. The molecule has 0 aromatic heterocycles. The number of hydrogen-bond acceptors (Lipinski definition) is 2. The van der Waals surface area contributed by atoms with Crippen LogP contribution in [-0.2, 0) is 6.54 Å². The summed E-state index contributed by atoms with van der Waals surface area (Å²) in [7, 11) is 1.91. The van der Waals surface area contributed by atoms with Gasteiger partial charge < -0.3 is 10.0 Å². The van der Waals surface area contributed by atoms with Gasteiger partial charge in [-0.15, -0.1) is 0 Å². The van der Waals surface area contributed by atoms with Crippen molar-refractivity contribution in [1.82, 2.24) is 4.90 Å². The highest BCUT2D eigenvalue weighted by Gasteiger charge is 2.14. The second-order valence-corrected chi connectivity index (χ2v) is 5.00. The standard InChI is InChI=1S/C14H20FNO2/c1-10(2)7-8-16(3)9-11-5-4-6-12(13(11)15)14(17)18/h4-6,10H,7-9H2,1-3H3,(H,17,18). The van der Waals surface area contributed by atoms with Gasteiger partial charge in [0.25, 0.3) is 0 Å². The molecule has 0 atom stereocenters. The number of hydrogen-bond donors (Lipinski definition) is 1. The minimum atomic E-state index is -1.22. The van der Waals surface area contributed by atoms with Gasteiger partial charge in [-0.25, -0.2) is 9.18 Å². The summed E-state index contributed by atoms with van der Waals surface area (Å²) in [4.78, 5) is 12.8. The summed E-state index contributed by atoms with van der Waals surface area (Å²) >= 11 is 0. The van der Waals surface area contributed by atoms with E-state index >= 15 is 0 Å². The predicted octanol–water partition coefficient (Wildman–Crippen LogP) is 3.00. The van der Waals surface area contributed by atoms with Gasteiger partial charge in [-0.3, -0.25) is 0 Å². The van der Waals surface area contributed by atoms with Crippen LogP contribution in [0.3, 0.4) is 0 Å². The summed E-state index contributed by atoms with van der Waals surface area (Å²) in [5.41, 5.74) is 0.172. The third-order valence-electron chi connectivity index (χ3n) is 2.84. The Kier molecular flexibility index (Phi) is 5.28. The second-order valence-electron chi connectivity index (χ2n) is 5.00. The molecule has 3 nitrogen and oxygen atoms in total. The Morgan fingerprint density at radius 1 is 1.44 bits per heavy atom. The number of carbonyl (C=O) groups is 1. The average molecular weight is 253 g/mol. The molecule has 0 saturated heterocycles. The first-order valence-corrected chi connectivity index (χ1v) is 6.11. The Morgan fingerprint density at radius 2 is 2.11 bits per heavy atom. The van der Waals surface area contributed by atoms with Crippen LogP contribution in [0.15, 0.2) is 18.2 Å². The summed E-state index contributed by atoms with van der Waals surface area (Å²) < 4.78 is 13.9. The average Bonchev–Trinajstić information content (AvgIpc) is 2.29. The lowest BCUT2D eigenvalue weighted by molar-refractivity contribution is 0.0691. The Hall–Kier alpha value is -1.42. The van der Waals surface area contributed by atoms with Gasteiger partial charge in [-0.1, -0.05) is 26.0 Å². The van der Waals surface area contributed by atoms with E-state index in [4.69, 9.17) is 5.11 Å². The molecule has 0 heterocycles. The number of halogens is 1. The molecule has 0 aliphatic rings. The van der Waals surface area contributed by atoms with Crippen LogP contribution in [0.2, 0.25) is 0 Å². The molecule has 1 aromatic rings. The van der Waals surface area contributed by atoms with Crippen molar-refractivity contribution in [2.24, 2.45) is 5.92 Å². The van der Waals surface area contributed by atoms with Gasteiger partial charge >= 0.3 is 5.97 Å². The van der Waals surface area contributed by atoms with E-state index in [1.807, 2.05) is 11.9 Å². The normalized spacial score (nSPS) is 11.2. The molecule has 0 amide bonds. The fraction of sp³-hybridized carbons (Fsp3) is 0.500. The van der Waals surface area contributed by atoms with Crippen LogP contribution in [0.5, 0.6) is 0 Å². The molecule has 0 aliphatic carbocycles. The first-order chi connectivity index (χ1) is 8.41. The predicted molar refractivity (Wildman–Crippen MR) is 69.1 cm³/mol. The van der Waals surface area contributed by atoms with Gasteiger partial charge in [-0.05, 0) is 32.0 Å². The zero-order valence-electron chi connectivity index (χ0n) is 11.1. The molecular formula is C14H20FNO2. The molecule has 1 N–H and O–H groups in total. The molecule has 1 rings (SSSR count). The van der Waals surface area contributed by atoms with Gasteiger partial charge in [0.15, 0.2) is 0 Å². The molecule has 1 aromatic carbocycles. The fourth-order valence-corrected chi connectivity index (χ4v) is 1.72. The maximum Gasteiger partial charge on any atom is 0.338 e. The van der Waals surface area contributed by atoms with E-state index in [-0.39, 0.29) is 5.56 Å². The lowest BCUT2D eigenvalue weighted by Crippen LogP contribution is -2.21. The summed E-state index contributed by atoms with van der Waals surface area (Å²) in [5, 5.41) is 8.85. The van der Waals surface area contributed by atoms with Crippen molar-refractivity contribution in [2.75, 3.05) is 13.6 Å². The van der Waals surface area contributed by atoms with Crippen LogP contribution in [0.4, 0.5) is 4.39 Å². The zero-order chi connectivity index (χ0) is 13.7. The number of carboxylic acids is 1. The molecule has 0 radical (unpaired) electrons. The first kappa shape index (κ1) is 14.6. The largest absolute Gasteiger partial charge is 0.478 e. The Balaban J connectivity index is 2.73. The molecular weight excluding hydrogens is 233 g/mol. The summed E-state index contributed by atoms with van der Waals surface area (Å²) in [6.07, 6.45) is 1.04. The van der Waals surface area contributed by atoms with Crippen molar-refractivity contribution in [3.05, 3.63) is 35.1 Å². The van der Waals surface area contributed by atoms with Crippen molar-refractivity contribution in [2.45, 2.75) is 26.8 Å². The lowest BCUT2D eigenvalue weighted by Gasteiger charge is -2.18. The third-order valence-corrected chi connectivity index (χ3v) is 2.84. The molecule has 0 fully saturated rings. The Morgan fingerprint density at radius 3 is 2.67 bits per heavy atom. The number of benzene rings is 1. The fourth-order valence-electron chi connectivity index (χ4n) is 1.72. The highest BCUT2D eigenvalue weighted by atomic mass is 19.1. The molecule has 4 heteroatoms. The van der Waals surface area contributed by atoms with Gasteiger partial charge in [0.2, 0.25) is 0 Å². The summed E-state index contributed by atoms with van der Waals surface area (Å²) in [5.74, 6) is -1.25. The van der Waals surface area contributed by atoms with Crippen LogP contribution in [0, 0.1) is 11.7 Å². The number of rotatable bonds is 6. The van der Waals surface area contributed by atoms with E-state index < -0.39 is 11.8 Å². The number of aromatic carboxylic acids is 1. The molecule has 100 valence electrons. The van der Waals surface area contributed by atoms with Crippen LogP contribution >= 0.6 is 0 Å². The topological polar surface area (TPSA) is 40.5 Å². The van der Waals surface area contributed by atoms with Gasteiger partial charge in [0.1, 0.15) is 5.82 Å². The van der Waals surface area contributed by atoms with E-state index in [1.54, 1.807) is 12.1 Å². The summed E-state index contributed by atoms with van der Waals surface area (Å²) in [6.45, 7) is 5.58. The highest BCUT2D eigenvalue weighted by Crippen LogP contribution is 2.15. The number of nitrogens with zero attached hydrogens (tertiary/aromatic N) is 1. The van der Waals surface area contributed by atoms with E-state index in [0.29, 0.717) is 18.0 Å². The van der Waals surface area contributed by atoms with Crippen LogP contribution in [-0.4, -0.2) is 29.6 Å². The van der Waals surface area contributed by atoms with E-state index in [0.717, 1.165) is 13.0 Å². The third kappa shape index (κ3) is 4.11. The van der Waals surface area contributed by atoms with Gasteiger partial charge in [-0.2, -0.15) is 0 Å². The van der Waals surface area contributed by atoms with Crippen molar-refractivity contribution in [1.29, 1.82) is 0 Å². The molecule has 0 saturated carbocycles. The smallest absolute Gasteiger partial charge is 0.338 e. The molecule has 0 bridgehead atoms. The van der Waals surface area contributed by atoms with E-state index in [2.05, 4.69) is 13.8 Å². The monoisotopic (exact) mass is 253 g/mol. The van der Waals surface area contributed by atoms with Crippen LogP contribution in [0.1, 0.15) is 36.2 Å². The number of carboxylic acid groups (broad SMARTS) is 1. The minimum absolute atomic E-state index is 0.259. The first-order valence-electron chi connectivity index (χ1n) is 6.11. The van der Waals surface area contributed by atoms with E-state index in [9.17, 15) is 9.18 Å². The molecule has 0 spiro atoms. The van der Waals surface area contributed by atoms with Crippen molar-refractivity contribution >= 4 is 5.97 Å². The molecule has 0 unspecified atom stereocenters. The SMILES string of the molecule is CC(C)CCN(C)Cc1cccc(C(=O)O)c1F. The van der Waals surface area contributed by atoms with Gasteiger partial charge in [0, 0.05) is 12.1 Å². The lowest BCUT2D eigenvalue weighted by atomic mass is 10.1. The maximum absolute atomic E-state index is 13.9. The zero-order valence-corrected chi connectivity index (χ0v) is 11.1. The van der Waals surface area contributed by atoms with Crippen LogP contribution in [0.25, 0.3) is 0 Å². The molecule has 0 aliphatic heterocycles. The Labute approximate surface area is 107 Å². The summed E-state index contributed by atoms with van der Waals surface area (Å²) in [6, 6.07) is 4.50. The van der Waals surface area contributed by atoms with Crippen molar-refractivity contribution < 1.29 is 14.3 Å². The minimum Gasteiger partial charge on any atom is -0.478 e. The van der Waals surface area contributed by atoms with Crippen molar-refractivity contribution in [3.8, 4) is 0 Å². The second kappa shape index (κ2) is 6.50. The quantitative estimate of drug-likeness (QED) is 0.847. The maximum atomic E-state index is 13.9.